The van der Waals surface area contributed by atoms with Gasteiger partial charge >= 0.3 is 0 Å². The van der Waals surface area contributed by atoms with Crippen LogP contribution in [-0.4, -0.2) is 42.3 Å². The smallest absolute Gasteiger partial charge is 0.223 e. The molecule has 2 heterocycles. The molecule has 1 saturated carbocycles. The van der Waals surface area contributed by atoms with Crippen LogP contribution in [-0.2, 0) is 16.0 Å². The van der Waals surface area contributed by atoms with E-state index in [1.165, 1.54) is 19.3 Å². The summed E-state index contributed by atoms with van der Waals surface area (Å²) in [4.78, 5) is 14.5. The molecule has 0 radical (unpaired) electrons. The molecule has 22 heavy (non-hydrogen) atoms. The molecule has 0 bridgehead atoms. The average Bonchev–Trinajstić information content (AvgIpc) is 3.11. The second-order valence-electron chi connectivity index (χ2n) is 6.51. The highest BCUT2D eigenvalue weighted by atomic mass is 35.5. The lowest BCUT2D eigenvalue weighted by molar-refractivity contribution is -0.137. The van der Waals surface area contributed by atoms with Crippen molar-refractivity contribution in [2.24, 2.45) is 5.41 Å². The highest BCUT2D eigenvalue weighted by molar-refractivity contribution is 6.29. The van der Waals surface area contributed by atoms with Crippen molar-refractivity contribution in [1.82, 2.24) is 10.1 Å². The van der Waals surface area contributed by atoms with E-state index in [4.69, 9.17) is 20.9 Å². The highest BCUT2D eigenvalue weighted by Crippen LogP contribution is 2.46. The molecule has 0 N–H and O–H groups in total. The largest absolute Gasteiger partial charge is 0.381 e. The van der Waals surface area contributed by atoms with Crippen molar-refractivity contribution >= 4 is 17.5 Å². The molecule has 2 atom stereocenters. The first-order valence-electron chi connectivity index (χ1n) is 8.05. The number of methoxy groups -OCH3 is 1. The van der Waals surface area contributed by atoms with Crippen LogP contribution >= 0.6 is 11.6 Å². The van der Waals surface area contributed by atoms with E-state index in [1.807, 2.05) is 4.90 Å². The molecule has 2 fully saturated rings. The molecule has 1 aromatic rings. The van der Waals surface area contributed by atoms with E-state index in [1.54, 1.807) is 13.2 Å². The molecule has 1 saturated heterocycles. The summed E-state index contributed by atoms with van der Waals surface area (Å²) in [5.74, 6) is 0.856. The zero-order chi connectivity index (χ0) is 15.6. The molecule has 0 unspecified atom stereocenters. The lowest BCUT2D eigenvalue weighted by Gasteiger charge is -2.43. The Labute approximate surface area is 135 Å². The molecule has 6 heteroatoms. The Morgan fingerprint density at radius 1 is 1.55 bits per heavy atom. The Balaban J connectivity index is 1.58. The maximum Gasteiger partial charge on any atom is 0.223 e. The quantitative estimate of drug-likeness (QED) is 0.853. The SMILES string of the molecule is CO[C@@H]1CCC[C@]12CCCN(C(=O)CCc1cc(Cl)no1)C2. The molecular weight excluding hydrogens is 304 g/mol. The Morgan fingerprint density at radius 2 is 2.36 bits per heavy atom. The van der Waals surface area contributed by atoms with E-state index < -0.39 is 0 Å². The lowest BCUT2D eigenvalue weighted by atomic mass is 9.76. The van der Waals surface area contributed by atoms with Gasteiger partial charge in [0.15, 0.2) is 5.15 Å². The fourth-order valence-electron chi connectivity index (χ4n) is 4.11. The van der Waals surface area contributed by atoms with Gasteiger partial charge in [0.2, 0.25) is 5.91 Å². The van der Waals surface area contributed by atoms with E-state index in [2.05, 4.69) is 5.16 Å². The molecule has 5 nitrogen and oxygen atoms in total. The van der Waals surface area contributed by atoms with Crippen LogP contribution in [0.4, 0.5) is 0 Å². The van der Waals surface area contributed by atoms with Gasteiger partial charge in [-0.05, 0) is 25.7 Å². The molecule has 1 aliphatic heterocycles. The van der Waals surface area contributed by atoms with Crippen molar-refractivity contribution in [3.8, 4) is 0 Å². The maximum atomic E-state index is 12.5. The van der Waals surface area contributed by atoms with Crippen LogP contribution < -0.4 is 0 Å². The number of hydrogen-bond acceptors (Lipinski definition) is 4. The molecule has 1 aliphatic carbocycles. The molecule has 3 rings (SSSR count). The van der Waals surface area contributed by atoms with Gasteiger partial charge in [-0.3, -0.25) is 4.79 Å². The second kappa shape index (κ2) is 6.59. The Morgan fingerprint density at radius 3 is 3.09 bits per heavy atom. The molecule has 1 amide bonds. The van der Waals surface area contributed by atoms with Gasteiger partial charge in [0.05, 0.1) is 6.10 Å². The number of nitrogens with zero attached hydrogens (tertiary/aromatic N) is 2. The van der Waals surface area contributed by atoms with Crippen LogP contribution in [0, 0.1) is 5.41 Å². The Hall–Kier alpha value is -1.07. The summed E-state index contributed by atoms with van der Waals surface area (Å²) >= 11 is 5.72. The first-order valence-corrected chi connectivity index (χ1v) is 8.42. The van der Waals surface area contributed by atoms with Crippen LogP contribution in [0.2, 0.25) is 5.15 Å². The standard InChI is InChI=1S/C16H23ClN2O3/c1-21-13-4-2-7-16(13)8-3-9-19(11-16)15(20)6-5-12-10-14(17)18-22-12/h10,13H,2-9,11H2,1H3/t13-,16-/m1/s1. The second-order valence-corrected chi connectivity index (χ2v) is 6.90. The van der Waals surface area contributed by atoms with Crippen molar-refractivity contribution < 1.29 is 14.1 Å². The van der Waals surface area contributed by atoms with E-state index in [0.717, 1.165) is 25.9 Å². The number of carbonyl (C=O) groups excluding carboxylic acids is 1. The molecule has 2 aliphatic rings. The minimum absolute atomic E-state index is 0.179. The van der Waals surface area contributed by atoms with Crippen molar-refractivity contribution in [3.63, 3.8) is 0 Å². The number of aromatic nitrogens is 1. The normalized spacial score (nSPS) is 28.5. The van der Waals surface area contributed by atoms with Crippen molar-refractivity contribution in [2.45, 2.75) is 51.0 Å². The lowest BCUT2D eigenvalue weighted by Crippen LogP contribution is -2.49. The van der Waals surface area contributed by atoms with Crippen molar-refractivity contribution in [3.05, 3.63) is 17.0 Å². The van der Waals surface area contributed by atoms with Gasteiger partial charge in [0.1, 0.15) is 5.76 Å². The molecule has 122 valence electrons. The van der Waals surface area contributed by atoms with Crippen LogP contribution in [0.15, 0.2) is 10.6 Å². The number of carbonyl (C=O) groups is 1. The minimum atomic E-state index is 0.179. The maximum absolute atomic E-state index is 12.5. The third-order valence-corrected chi connectivity index (χ3v) is 5.36. The van der Waals surface area contributed by atoms with Gasteiger partial charge in [-0.15, -0.1) is 0 Å². The van der Waals surface area contributed by atoms with Crippen molar-refractivity contribution in [2.75, 3.05) is 20.2 Å². The number of ether oxygens (including phenoxy) is 1. The number of likely N-dealkylation sites (tertiary alicyclic amines) is 1. The fourth-order valence-corrected chi connectivity index (χ4v) is 4.26. The fraction of sp³-hybridized carbons (Fsp3) is 0.750. The van der Waals surface area contributed by atoms with Gasteiger partial charge in [0.25, 0.3) is 0 Å². The number of halogens is 1. The molecule has 1 aromatic heterocycles. The predicted octanol–water partition coefficient (Wildman–Crippen LogP) is 3.07. The van der Waals surface area contributed by atoms with Gasteiger partial charge < -0.3 is 14.2 Å². The Kier molecular flexibility index (Phi) is 4.73. The minimum Gasteiger partial charge on any atom is -0.381 e. The molecule has 0 aromatic carbocycles. The van der Waals surface area contributed by atoms with Gasteiger partial charge in [-0.25, -0.2) is 0 Å². The van der Waals surface area contributed by atoms with Gasteiger partial charge in [0, 0.05) is 44.5 Å². The molecular formula is C16H23ClN2O3. The van der Waals surface area contributed by atoms with Crippen LogP contribution in [0.3, 0.4) is 0 Å². The zero-order valence-corrected chi connectivity index (χ0v) is 13.8. The first kappa shape index (κ1) is 15.8. The average molecular weight is 327 g/mol. The van der Waals surface area contributed by atoms with Gasteiger partial charge in [-0.2, -0.15) is 0 Å². The number of piperidine rings is 1. The summed E-state index contributed by atoms with van der Waals surface area (Å²) in [6.45, 7) is 1.69. The summed E-state index contributed by atoms with van der Waals surface area (Å²) in [6.07, 6.45) is 7.04. The topological polar surface area (TPSA) is 55.6 Å². The van der Waals surface area contributed by atoms with E-state index in [-0.39, 0.29) is 11.3 Å². The van der Waals surface area contributed by atoms with Crippen LogP contribution in [0.5, 0.6) is 0 Å². The third-order valence-electron chi connectivity index (χ3n) is 5.19. The summed E-state index contributed by atoms with van der Waals surface area (Å²) in [5.41, 5.74) is 0.179. The number of hydrogen-bond donors (Lipinski definition) is 0. The summed E-state index contributed by atoms with van der Waals surface area (Å²) < 4.78 is 10.7. The highest BCUT2D eigenvalue weighted by Gasteiger charge is 2.46. The number of aryl methyl sites for hydroxylation is 1. The summed E-state index contributed by atoms with van der Waals surface area (Å²) in [7, 11) is 1.80. The monoisotopic (exact) mass is 326 g/mol. The van der Waals surface area contributed by atoms with Crippen LogP contribution in [0.25, 0.3) is 0 Å². The number of amides is 1. The summed E-state index contributed by atoms with van der Waals surface area (Å²) in [5, 5.41) is 3.98. The zero-order valence-electron chi connectivity index (χ0n) is 13.0. The first-order chi connectivity index (χ1) is 10.6. The Bertz CT molecular complexity index is 533. The van der Waals surface area contributed by atoms with Crippen LogP contribution in [0.1, 0.15) is 44.3 Å². The van der Waals surface area contributed by atoms with E-state index in [9.17, 15) is 4.79 Å². The predicted molar refractivity (Wildman–Crippen MR) is 82.7 cm³/mol. The van der Waals surface area contributed by atoms with Gasteiger partial charge in [-0.1, -0.05) is 23.2 Å². The van der Waals surface area contributed by atoms with E-state index in [0.29, 0.717) is 29.9 Å². The summed E-state index contributed by atoms with van der Waals surface area (Å²) in [6, 6.07) is 1.67. The third kappa shape index (κ3) is 3.15. The van der Waals surface area contributed by atoms with Crippen molar-refractivity contribution in [1.29, 1.82) is 0 Å². The number of rotatable bonds is 4. The van der Waals surface area contributed by atoms with E-state index >= 15 is 0 Å². The molecule has 1 spiro atoms.